The van der Waals surface area contributed by atoms with E-state index in [9.17, 15) is 0 Å². The highest BCUT2D eigenvalue weighted by Gasteiger charge is 2.10. The number of hydrogen-bond acceptors (Lipinski definition) is 4. The zero-order valence-corrected chi connectivity index (χ0v) is 13.0. The van der Waals surface area contributed by atoms with Crippen LogP contribution in [0, 0.1) is 0 Å². The molecule has 0 aliphatic heterocycles. The molecule has 112 valence electrons. The first-order valence-corrected chi connectivity index (χ1v) is 7.62. The Hall–Kier alpha value is -2.10. The second-order valence-corrected chi connectivity index (χ2v) is 4.76. The second kappa shape index (κ2) is 7.62. The normalized spacial score (nSPS) is 10.4. The van der Waals surface area contributed by atoms with Crippen molar-refractivity contribution >= 4 is 5.82 Å². The Bertz CT molecular complexity index is 584. The van der Waals surface area contributed by atoms with Gasteiger partial charge in [-0.05, 0) is 25.5 Å². The zero-order chi connectivity index (χ0) is 15.1. The summed E-state index contributed by atoms with van der Waals surface area (Å²) in [6.45, 7) is 7.75. The van der Waals surface area contributed by atoms with Gasteiger partial charge in [0.2, 0.25) is 0 Å². The van der Waals surface area contributed by atoms with Gasteiger partial charge in [0.15, 0.2) is 0 Å². The van der Waals surface area contributed by atoms with E-state index in [1.165, 1.54) is 0 Å². The molecule has 1 N–H and O–H groups in total. The Morgan fingerprint density at radius 2 is 1.90 bits per heavy atom. The van der Waals surface area contributed by atoms with E-state index in [2.05, 4.69) is 29.1 Å². The molecule has 2 aromatic rings. The van der Waals surface area contributed by atoms with Crippen molar-refractivity contribution < 1.29 is 4.74 Å². The highest BCUT2D eigenvalue weighted by atomic mass is 16.5. The number of ether oxygens (including phenoxy) is 1. The maximum Gasteiger partial charge on any atom is 0.131 e. The molecule has 0 fully saturated rings. The van der Waals surface area contributed by atoms with Crippen LogP contribution in [0.5, 0.6) is 5.75 Å². The van der Waals surface area contributed by atoms with E-state index >= 15 is 0 Å². The van der Waals surface area contributed by atoms with Crippen molar-refractivity contribution in [3.8, 4) is 17.0 Å². The first kappa shape index (κ1) is 15.3. The highest BCUT2D eigenvalue weighted by Crippen LogP contribution is 2.29. The minimum absolute atomic E-state index is 0.643. The number of hydrogen-bond donors (Lipinski definition) is 1. The molecular weight excluding hydrogens is 262 g/mol. The van der Waals surface area contributed by atoms with Gasteiger partial charge >= 0.3 is 0 Å². The molecule has 1 aromatic carbocycles. The molecule has 21 heavy (non-hydrogen) atoms. The zero-order valence-electron chi connectivity index (χ0n) is 13.0. The first-order chi connectivity index (χ1) is 10.3. The Labute approximate surface area is 126 Å². The fourth-order valence-corrected chi connectivity index (χ4v) is 2.10. The Kier molecular flexibility index (Phi) is 5.55. The Morgan fingerprint density at radius 1 is 1.10 bits per heavy atom. The smallest absolute Gasteiger partial charge is 0.131 e. The summed E-state index contributed by atoms with van der Waals surface area (Å²) in [5.74, 6) is 2.59. The SMILES string of the molecule is CCCNc1cc(-c2ccccc2OCC)nc(CC)n1. The summed E-state index contributed by atoms with van der Waals surface area (Å²) >= 11 is 0. The van der Waals surface area contributed by atoms with Gasteiger partial charge in [-0.2, -0.15) is 0 Å². The maximum atomic E-state index is 5.71. The molecule has 0 aliphatic carbocycles. The molecule has 1 heterocycles. The number of aromatic nitrogens is 2. The van der Waals surface area contributed by atoms with Crippen LogP contribution in [0.25, 0.3) is 11.3 Å². The molecule has 2 rings (SSSR count). The van der Waals surface area contributed by atoms with E-state index in [1.807, 2.05) is 37.3 Å². The number of nitrogens with zero attached hydrogens (tertiary/aromatic N) is 2. The fourth-order valence-electron chi connectivity index (χ4n) is 2.10. The second-order valence-electron chi connectivity index (χ2n) is 4.76. The monoisotopic (exact) mass is 285 g/mol. The van der Waals surface area contributed by atoms with Crippen molar-refractivity contribution in [2.45, 2.75) is 33.6 Å². The third-order valence-electron chi connectivity index (χ3n) is 3.11. The van der Waals surface area contributed by atoms with E-state index in [4.69, 9.17) is 4.74 Å². The predicted molar refractivity (Wildman–Crippen MR) is 86.8 cm³/mol. The Morgan fingerprint density at radius 3 is 2.62 bits per heavy atom. The largest absolute Gasteiger partial charge is 0.493 e. The lowest BCUT2D eigenvalue weighted by atomic mass is 10.1. The number of anilines is 1. The summed E-state index contributed by atoms with van der Waals surface area (Å²) in [5, 5.41) is 3.34. The molecule has 0 unspecified atom stereocenters. The molecule has 0 bridgehead atoms. The average molecular weight is 285 g/mol. The lowest BCUT2D eigenvalue weighted by Crippen LogP contribution is -2.06. The van der Waals surface area contributed by atoms with Crippen molar-refractivity contribution in [3.63, 3.8) is 0 Å². The van der Waals surface area contributed by atoms with Crippen molar-refractivity contribution in [1.29, 1.82) is 0 Å². The van der Waals surface area contributed by atoms with E-state index in [0.29, 0.717) is 6.61 Å². The van der Waals surface area contributed by atoms with Gasteiger partial charge in [0.1, 0.15) is 17.4 Å². The maximum absolute atomic E-state index is 5.71. The van der Waals surface area contributed by atoms with Crippen LogP contribution in [0.1, 0.15) is 33.0 Å². The molecule has 0 saturated carbocycles. The summed E-state index contributed by atoms with van der Waals surface area (Å²) in [6, 6.07) is 9.99. The lowest BCUT2D eigenvalue weighted by molar-refractivity contribution is 0.341. The summed E-state index contributed by atoms with van der Waals surface area (Å²) in [5.41, 5.74) is 1.92. The van der Waals surface area contributed by atoms with Crippen LogP contribution >= 0.6 is 0 Å². The number of para-hydroxylation sites is 1. The van der Waals surface area contributed by atoms with Crippen LogP contribution in [-0.2, 0) is 6.42 Å². The van der Waals surface area contributed by atoms with Crippen molar-refractivity contribution in [2.75, 3.05) is 18.5 Å². The van der Waals surface area contributed by atoms with Gasteiger partial charge in [-0.1, -0.05) is 26.0 Å². The summed E-state index contributed by atoms with van der Waals surface area (Å²) in [4.78, 5) is 9.17. The quantitative estimate of drug-likeness (QED) is 0.837. The van der Waals surface area contributed by atoms with E-state index in [1.54, 1.807) is 0 Å². The average Bonchev–Trinajstić information content (AvgIpc) is 2.53. The van der Waals surface area contributed by atoms with Crippen LogP contribution in [0.15, 0.2) is 30.3 Å². The molecule has 4 heteroatoms. The van der Waals surface area contributed by atoms with Crippen LogP contribution in [-0.4, -0.2) is 23.1 Å². The van der Waals surface area contributed by atoms with Gasteiger partial charge in [0, 0.05) is 24.6 Å². The summed E-state index contributed by atoms with van der Waals surface area (Å²) in [6.07, 6.45) is 1.88. The number of nitrogens with one attached hydrogen (secondary N) is 1. The highest BCUT2D eigenvalue weighted by molar-refractivity contribution is 5.69. The van der Waals surface area contributed by atoms with Crippen molar-refractivity contribution in [1.82, 2.24) is 9.97 Å². The summed E-state index contributed by atoms with van der Waals surface area (Å²) in [7, 11) is 0. The van der Waals surface area contributed by atoms with Crippen LogP contribution in [0.4, 0.5) is 5.82 Å². The van der Waals surface area contributed by atoms with Crippen molar-refractivity contribution in [3.05, 3.63) is 36.2 Å². The van der Waals surface area contributed by atoms with Gasteiger partial charge < -0.3 is 10.1 Å². The van der Waals surface area contributed by atoms with Gasteiger partial charge in [-0.3, -0.25) is 0 Å². The lowest BCUT2D eigenvalue weighted by Gasteiger charge is -2.12. The van der Waals surface area contributed by atoms with E-state index in [0.717, 1.165) is 48.0 Å². The standard InChI is InChI=1S/C17H23N3O/c1-4-11-18-17-12-14(19-16(5-2)20-17)13-9-7-8-10-15(13)21-6-3/h7-10,12H,4-6,11H2,1-3H3,(H,18,19,20). The first-order valence-electron chi connectivity index (χ1n) is 7.62. The van der Waals surface area contributed by atoms with Gasteiger partial charge in [-0.15, -0.1) is 0 Å². The summed E-state index contributed by atoms with van der Waals surface area (Å²) < 4.78 is 5.71. The molecule has 0 aliphatic rings. The molecule has 0 spiro atoms. The van der Waals surface area contributed by atoms with Gasteiger partial charge in [0.05, 0.1) is 12.3 Å². The minimum atomic E-state index is 0.643. The molecule has 0 amide bonds. The molecule has 4 nitrogen and oxygen atoms in total. The van der Waals surface area contributed by atoms with Crippen molar-refractivity contribution in [2.24, 2.45) is 0 Å². The topological polar surface area (TPSA) is 47.0 Å². The van der Waals surface area contributed by atoms with Crippen LogP contribution in [0.2, 0.25) is 0 Å². The van der Waals surface area contributed by atoms with Crippen LogP contribution < -0.4 is 10.1 Å². The minimum Gasteiger partial charge on any atom is -0.493 e. The van der Waals surface area contributed by atoms with E-state index < -0.39 is 0 Å². The predicted octanol–water partition coefficient (Wildman–Crippen LogP) is 3.93. The molecule has 1 aromatic heterocycles. The van der Waals surface area contributed by atoms with Crippen LogP contribution in [0.3, 0.4) is 0 Å². The molecule has 0 saturated heterocycles. The van der Waals surface area contributed by atoms with Gasteiger partial charge in [-0.25, -0.2) is 9.97 Å². The molecule has 0 radical (unpaired) electrons. The Balaban J connectivity index is 2.42. The molecular formula is C17H23N3O. The van der Waals surface area contributed by atoms with E-state index in [-0.39, 0.29) is 0 Å². The fraction of sp³-hybridized carbons (Fsp3) is 0.412. The number of rotatable bonds is 7. The molecule has 0 atom stereocenters. The number of benzene rings is 1. The third-order valence-corrected chi connectivity index (χ3v) is 3.11. The van der Waals surface area contributed by atoms with Gasteiger partial charge in [0.25, 0.3) is 0 Å². The number of aryl methyl sites for hydroxylation is 1. The third kappa shape index (κ3) is 3.94.